The zero-order valence-corrected chi connectivity index (χ0v) is 26.4. The van der Waals surface area contributed by atoms with E-state index in [0.717, 1.165) is 71.4 Å². The lowest BCUT2D eigenvalue weighted by Gasteiger charge is -2.29. The third-order valence-electron chi connectivity index (χ3n) is 9.61. The van der Waals surface area contributed by atoms with Crippen molar-refractivity contribution >= 4 is 61.4 Å². The second kappa shape index (κ2) is 9.10. The van der Waals surface area contributed by atoms with Crippen molar-refractivity contribution in [3.8, 4) is 17.8 Å². The minimum atomic E-state index is -0.269. The Kier molecular flexibility index (Phi) is 5.51. The number of aromatic nitrogens is 3. The van der Waals surface area contributed by atoms with E-state index in [1.165, 1.54) is 0 Å². The molecule has 5 nitrogen and oxygen atoms in total. The fourth-order valence-corrected chi connectivity index (χ4v) is 7.38. The van der Waals surface area contributed by atoms with E-state index in [9.17, 15) is 10.5 Å². The van der Waals surface area contributed by atoms with Crippen molar-refractivity contribution in [3.63, 3.8) is 0 Å². The maximum absolute atomic E-state index is 10.7. The van der Waals surface area contributed by atoms with Crippen LogP contribution in [0.4, 0.5) is 0 Å². The number of fused-ring (bicyclic) bond motifs is 8. The molecule has 216 valence electrons. The Balaban J connectivity index is 1.62. The van der Waals surface area contributed by atoms with Gasteiger partial charge < -0.3 is 9.05 Å². The summed E-state index contributed by atoms with van der Waals surface area (Å²) < 4.78 is 4.65. The zero-order chi connectivity index (χ0) is 31.4. The summed E-state index contributed by atoms with van der Waals surface area (Å²) in [6.07, 6.45) is 3.80. The second-order valence-corrected chi connectivity index (χ2v) is 14.4. The Morgan fingerprint density at radius 3 is 1.84 bits per heavy atom. The summed E-state index contributed by atoms with van der Waals surface area (Å²) in [5.74, 6) is 0. The molecule has 4 aromatic carbocycles. The van der Waals surface area contributed by atoms with Crippen LogP contribution in [0.25, 0.3) is 49.3 Å². The number of nitrogens with zero attached hydrogens (tertiary/aromatic N) is 5. The highest BCUT2D eigenvalue weighted by Crippen LogP contribution is 2.41. The van der Waals surface area contributed by atoms with Crippen molar-refractivity contribution in [2.24, 2.45) is 0 Å². The van der Waals surface area contributed by atoms with Crippen molar-refractivity contribution in [1.29, 1.82) is 10.5 Å². The van der Waals surface area contributed by atoms with Crippen LogP contribution in [0.15, 0.2) is 85.2 Å². The van der Waals surface area contributed by atoms with Crippen LogP contribution in [-0.2, 0) is 10.8 Å². The minimum absolute atomic E-state index is 0.161. The van der Waals surface area contributed by atoms with E-state index in [1.807, 2.05) is 24.5 Å². The fourth-order valence-electron chi connectivity index (χ4n) is 7.38. The predicted octanol–water partition coefficient (Wildman–Crippen LogP) is 7.59. The van der Waals surface area contributed by atoms with Gasteiger partial charge in [0.05, 0.1) is 33.2 Å². The Morgan fingerprint density at radius 2 is 1.24 bits per heavy atom. The van der Waals surface area contributed by atoms with Gasteiger partial charge in [-0.3, -0.25) is 4.98 Å². The first-order valence-corrected chi connectivity index (χ1v) is 15.5. The number of benzene rings is 4. The summed E-state index contributed by atoms with van der Waals surface area (Å²) in [7, 11) is 0. The molecule has 1 aliphatic heterocycles. The quantitative estimate of drug-likeness (QED) is 0.188. The van der Waals surface area contributed by atoms with Gasteiger partial charge in [0.1, 0.15) is 12.1 Å². The molecular weight excluding hydrogens is 549 g/mol. The molecule has 0 fully saturated rings. The lowest BCUT2D eigenvalue weighted by Crippen LogP contribution is -2.53. The standard InChI is InChI=1S/C39H32BN5/c1-38(2,3)25-16-23(20-41)35-28(18-25)29-19-26(39(4,5)6)17-24(21-42)36(29)45(35)40-31-11-7-8-13-34(31)44-33-14-15-43-22-30(33)27-10-9-12-32(40)37(27)44/h7-19,22H,1-6H3. The molecule has 8 rings (SSSR count). The van der Waals surface area contributed by atoms with Gasteiger partial charge in [0.2, 0.25) is 0 Å². The van der Waals surface area contributed by atoms with Gasteiger partial charge in [-0.25, -0.2) is 0 Å². The van der Waals surface area contributed by atoms with Crippen LogP contribution in [-0.4, -0.2) is 20.9 Å². The van der Waals surface area contributed by atoms with Crippen LogP contribution in [0, 0.1) is 22.7 Å². The molecule has 0 amide bonds. The smallest absolute Gasteiger partial charge is 0.332 e. The molecule has 0 bridgehead atoms. The van der Waals surface area contributed by atoms with Crippen LogP contribution in [0.3, 0.4) is 0 Å². The van der Waals surface area contributed by atoms with Gasteiger partial charge >= 0.3 is 6.85 Å². The van der Waals surface area contributed by atoms with E-state index >= 15 is 0 Å². The summed E-state index contributed by atoms with van der Waals surface area (Å²) in [5.41, 5.74) is 10.5. The van der Waals surface area contributed by atoms with Gasteiger partial charge in [-0.2, -0.15) is 10.5 Å². The van der Waals surface area contributed by atoms with Gasteiger partial charge in [-0.05, 0) is 69.3 Å². The first-order chi connectivity index (χ1) is 21.5. The van der Waals surface area contributed by atoms with Crippen molar-refractivity contribution in [2.75, 3.05) is 0 Å². The first kappa shape index (κ1) is 27.2. The number of rotatable bonds is 1. The third-order valence-corrected chi connectivity index (χ3v) is 9.61. The van der Waals surface area contributed by atoms with Crippen LogP contribution < -0.4 is 10.9 Å². The van der Waals surface area contributed by atoms with Crippen LogP contribution in [0.5, 0.6) is 0 Å². The van der Waals surface area contributed by atoms with E-state index in [2.05, 4.69) is 128 Å². The van der Waals surface area contributed by atoms with E-state index < -0.39 is 0 Å². The topological polar surface area (TPSA) is 70.3 Å². The normalized spacial score (nSPS) is 13.0. The molecule has 0 atom stereocenters. The first-order valence-electron chi connectivity index (χ1n) is 15.5. The second-order valence-electron chi connectivity index (χ2n) is 14.4. The van der Waals surface area contributed by atoms with Gasteiger partial charge in [0.15, 0.2) is 0 Å². The Labute approximate surface area is 263 Å². The summed E-state index contributed by atoms with van der Waals surface area (Å²) in [4.78, 5) is 4.48. The van der Waals surface area contributed by atoms with Crippen molar-refractivity contribution in [3.05, 3.63) is 107 Å². The third kappa shape index (κ3) is 3.69. The maximum atomic E-state index is 10.7. The molecule has 0 saturated carbocycles. The van der Waals surface area contributed by atoms with E-state index in [0.29, 0.717) is 11.1 Å². The lowest BCUT2D eigenvalue weighted by atomic mass is 9.48. The maximum Gasteiger partial charge on any atom is 0.332 e. The predicted molar refractivity (Wildman–Crippen MR) is 185 cm³/mol. The molecule has 0 radical (unpaired) electrons. The van der Waals surface area contributed by atoms with Gasteiger partial charge in [-0.15, -0.1) is 0 Å². The summed E-state index contributed by atoms with van der Waals surface area (Å²) in [5, 5.41) is 25.8. The van der Waals surface area contributed by atoms with Gasteiger partial charge in [-0.1, -0.05) is 77.9 Å². The molecule has 45 heavy (non-hydrogen) atoms. The van der Waals surface area contributed by atoms with E-state index in [-0.39, 0.29) is 17.7 Å². The molecule has 0 aliphatic carbocycles. The number of nitriles is 2. The summed E-state index contributed by atoms with van der Waals surface area (Å²) in [6.45, 7) is 12.8. The largest absolute Gasteiger partial charge is 0.374 e. The Hall–Kier alpha value is -5.33. The van der Waals surface area contributed by atoms with E-state index in [4.69, 9.17) is 0 Å². The number of pyridine rings is 1. The molecule has 0 spiro atoms. The average Bonchev–Trinajstić information content (AvgIpc) is 3.54. The molecular formula is C39H32BN5. The van der Waals surface area contributed by atoms with Crippen LogP contribution >= 0.6 is 0 Å². The number of hydrogen-bond donors (Lipinski definition) is 0. The van der Waals surface area contributed by atoms with Crippen molar-refractivity contribution < 1.29 is 0 Å². The summed E-state index contributed by atoms with van der Waals surface area (Å²) >= 11 is 0. The molecule has 3 aromatic heterocycles. The highest BCUT2D eigenvalue weighted by Gasteiger charge is 2.37. The monoisotopic (exact) mass is 581 g/mol. The average molecular weight is 582 g/mol. The Bertz CT molecular complexity index is 2400. The molecule has 0 saturated heterocycles. The summed E-state index contributed by atoms with van der Waals surface area (Å²) in [6, 6.07) is 30.9. The van der Waals surface area contributed by atoms with E-state index in [1.54, 1.807) is 0 Å². The van der Waals surface area contributed by atoms with Crippen LogP contribution in [0.2, 0.25) is 0 Å². The Morgan fingerprint density at radius 1 is 0.644 bits per heavy atom. The highest BCUT2D eigenvalue weighted by molar-refractivity contribution is 6.88. The van der Waals surface area contributed by atoms with Crippen molar-refractivity contribution in [2.45, 2.75) is 52.4 Å². The van der Waals surface area contributed by atoms with Crippen LogP contribution in [0.1, 0.15) is 63.8 Å². The van der Waals surface area contributed by atoms with Gasteiger partial charge in [0.25, 0.3) is 0 Å². The SMILES string of the molecule is CC(C)(C)c1cc(C#N)c2c(c1)c1cc(C(C)(C)C)cc(C#N)c1n2B1c2ccccc2-n2c3ccncc3c3cccc1c32. The highest BCUT2D eigenvalue weighted by atomic mass is 15.0. The lowest BCUT2D eigenvalue weighted by molar-refractivity contribution is 0.590. The van der Waals surface area contributed by atoms with Gasteiger partial charge in [0, 0.05) is 39.6 Å². The zero-order valence-electron chi connectivity index (χ0n) is 26.4. The minimum Gasteiger partial charge on any atom is -0.374 e. The molecule has 1 aliphatic rings. The number of hydrogen-bond acceptors (Lipinski definition) is 3. The number of para-hydroxylation sites is 2. The molecule has 0 N–H and O–H groups in total. The molecule has 0 unspecified atom stereocenters. The molecule has 6 heteroatoms. The fraction of sp³-hybridized carbons (Fsp3) is 0.205. The molecule has 4 heterocycles. The molecule has 7 aromatic rings. The van der Waals surface area contributed by atoms with Crippen molar-refractivity contribution in [1.82, 2.24) is 14.0 Å².